The molecule has 2 heterocycles. The molecular weight excluding hydrogens is 381 g/mol. The number of benzene rings is 1. The SMILES string of the molecule is Cc1ccc(NC(=O)c2cc(C(F)(F)F)cnn2)cc1-c1ccnc(Cl)c1. The summed E-state index contributed by atoms with van der Waals surface area (Å²) >= 11 is 5.91. The summed E-state index contributed by atoms with van der Waals surface area (Å²) in [6, 6.07) is 9.20. The van der Waals surface area contributed by atoms with Gasteiger partial charge >= 0.3 is 6.18 Å². The Balaban J connectivity index is 1.88. The summed E-state index contributed by atoms with van der Waals surface area (Å²) in [4.78, 5) is 16.2. The lowest BCUT2D eigenvalue weighted by atomic mass is 10.0. The number of carbonyl (C=O) groups excluding carboxylic acids is 1. The molecule has 2 aromatic heterocycles. The van der Waals surface area contributed by atoms with Crippen LogP contribution in [0.25, 0.3) is 11.1 Å². The second kappa shape index (κ2) is 7.32. The Hall–Kier alpha value is -3.00. The molecule has 0 bridgehead atoms. The van der Waals surface area contributed by atoms with E-state index in [1.165, 1.54) is 0 Å². The molecule has 3 aromatic rings. The lowest BCUT2D eigenvalue weighted by Crippen LogP contribution is -2.16. The number of aryl methyl sites for hydroxylation is 1. The molecule has 3 rings (SSSR count). The van der Waals surface area contributed by atoms with Crippen molar-refractivity contribution in [3.63, 3.8) is 0 Å². The van der Waals surface area contributed by atoms with Gasteiger partial charge < -0.3 is 5.32 Å². The van der Waals surface area contributed by atoms with Gasteiger partial charge in [-0.1, -0.05) is 17.7 Å². The lowest BCUT2D eigenvalue weighted by molar-refractivity contribution is -0.137. The second-order valence-corrected chi connectivity index (χ2v) is 6.07. The number of hydrogen-bond acceptors (Lipinski definition) is 4. The number of pyridine rings is 1. The number of amides is 1. The highest BCUT2D eigenvalue weighted by atomic mass is 35.5. The Labute approximate surface area is 157 Å². The number of aromatic nitrogens is 3. The van der Waals surface area contributed by atoms with Crippen LogP contribution in [-0.4, -0.2) is 21.1 Å². The molecule has 0 saturated carbocycles. The smallest absolute Gasteiger partial charge is 0.321 e. The molecule has 0 atom stereocenters. The molecule has 138 valence electrons. The molecule has 0 saturated heterocycles. The van der Waals surface area contributed by atoms with Gasteiger partial charge in [-0.05, 0) is 53.9 Å². The molecule has 1 amide bonds. The average Bonchev–Trinajstić information content (AvgIpc) is 2.62. The van der Waals surface area contributed by atoms with E-state index in [-0.39, 0.29) is 0 Å². The summed E-state index contributed by atoms with van der Waals surface area (Å²) in [5.41, 5.74) is 1.44. The number of halogens is 4. The van der Waals surface area contributed by atoms with E-state index in [9.17, 15) is 18.0 Å². The van der Waals surface area contributed by atoms with Crippen LogP contribution in [0.15, 0.2) is 48.8 Å². The van der Waals surface area contributed by atoms with E-state index in [1.54, 1.807) is 36.5 Å². The van der Waals surface area contributed by atoms with Gasteiger partial charge in [0.2, 0.25) is 0 Å². The Kier molecular flexibility index (Phi) is 5.09. The van der Waals surface area contributed by atoms with Crippen LogP contribution in [0.5, 0.6) is 0 Å². The summed E-state index contributed by atoms with van der Waals surface area (Å²) in [6.07, 6.45) is -2.49. The van der Waals surface area contributed by atoms with E-state index in [0.29, 0.717) is 23.1 Å². The van der Waals surface area contributed by atoms with E-state index in [2.05, 4.69) is 20.5 Å². The molecule has 0 spiro atoms. The second-order valence-electron chi connectivity index (χ2n) is 5.68. The maximum absolute atomic E-state index is 12.8. The van der Waals surface area contributed by atoms with Crippen LogP contribution in [0.3, 0.4) is 0 Å². The van der Waals surface area contributed by atoms with E-state index in [1.807, 2.05) is 6.92 Å². The Morgan fingerprint density at radius 1 is 1.15 bits per heavy atom. The minimum Gasteiger partial charge on any atom is -0.321 e. The maximum Gasteiger partial charge on any atom is 0.418 e. The van der Waals surface area contributed by atoms with Crippen LogP contribution < -0.4 is 5.32 Å². The first kappa shape index (κ1) is 18.8. The highest BCUT2D eigenvalue weighted by Gasteiger charge is 2.32. The van der Waals surface area contributed by atoms with Gasteiger partial charge in [0.25, 0.3) is 5.91 Å². The highest BCUT2D eigenvalue weighted by Crippen LogP contribution is 2.29. The lowest BCUT2D eigenvalue weighted by Gasteiger charge is -2.11. The third kappa shape index (κ3) is 4.40. The van der Waals surface area contributed by atoms with Crippen LogP contribution >= 0.6 is 11.6 Å². The Morgan fingerprint density at radius 2 is 1.93 bits per heavy atom. The van der Waals surface area contributed by atoms with Crippen molar-refractivity contribution in [1.82, 2.24) is 15.2 Å². The number of alkyl halides is 3. The van der Waals surface area contributed by atoms with Crippen molar-refractivity contribution >= 4 is 23.2 Å². The number of nitrogens with zero attached hydrogens (tertiary/aromatic N) is 3. The topological polar surface area (TPSA) is 67.8 Å². The summed E-state index contributed by atoms with van der Waals surface area (Å²) in [5, 5.41) is 9.57. The summed E-state index contributed by atoms with van der Waals surface area (Å²) in [6.45, 7) is 1.88. The zero-order chi connectivity index (χ0) is 19.6. The van der Waals surface area contributed by atoms with Crippen LogP contribution in [0.2, 0.25) is 5.15 Å². The van der Waals surface area contributed by atoms with Crippen LogP contribution in [0, 0.1) is 6.92 Å². The molecule has 1 N–H and O–H groups in total. The van der Waals surface area contributed by atoms with Crippen molar-refractivity contribution in [2.24, 2.45) is 0 Å². The molecule has 0 fully saturated rings. The number of anilines is 1. The van der Waals surface area contributed by atoms with Gasteiger partial charge in [-0.15, -0.1) is 5.10 Å². The van der Waals surface area contributed by atoms with Gasteiger partial charge in [0.05, 0.1) is 11.8 Å². The fourth-order valence-corrected chi connectivity index (χ4v) is 2.58. The molecule has 1 aromatic carbocycles. The average molecular weight is 393 g/mol. The summed E-state index contributed by atoms with van der Waals surface area (Å²) in [5.74, 6) is -0.795. The van der Waals surface area contributed by atoms with Crippen molar-refractivity contribution < 1.29 is 18.0 Å². The van der Waals surface area contributed by atoms with E-state index in [0.717, 1.165) is 16.7 Å². The minimum absolute atomic E-state index is 0.320. The minimum atomic E-state index is -4.61. The standard InChI is InChI=1S/C18H12ClF3N4O/c1-10-2-3-13(8-14(10)11-4-5-23-16(19)6-11)25-17(27)15-7-12(9-24-26-15)18(20,21)22/h2-9H,1H3,(H,25,27). The van der Waals surface area contributed by atoms with E-state index >= 15 is 0 Å². The van der Waals surface area contributed by atoms with Gasteiger partial charge in [0.1, 0.15) is 5.15 Å². The predicted octanol–water partition coefficient (Wildman–Crippen LogP) is 4.77. The fraction of sp³-hybridized carbons (Fsp3) is 0.111. The first-order valence-electron chi connectivity index (χ1n) is 7.68. The molecule has 27 heavy (non-hydrogen) atoms. The number of rotatable bonds is 3. The summed E-state index contributed by atoms with van der Waals surface area (Å²) < 4.78 is 38.3. The molecule has 5 nitrogen and oxygen atoms in total. The van der Waals surface area contributed by atoms with Crippen molar-refractivity contribution in [3.05, 3.63) is 70.8 Å². The zero-order valence-electron chi connectivity index (χ0n) is 13.9. The fourth-order valence-electron chi connectivity index (χ4n) is 2.41. The number of carbonyl (C=O) groups is 1. The largest absolute Gasteiger partial charge is 0.418 e. The monoisotopic (exact) mass is 392 g/mol. The zero-order valence-corrected chi connectivity index (χ0v) is 14.6. The Bertz CT molecular complexity index is 1010. The third-order valence-electron chi connectivity index (χ3n) is 3.75. The van der Waals surface area contributed by atoms with Gasteiger partial charge in [0.15, 0.2) is 5.69 Å². The van der Waals surface area contributed by atoms with Crippen molar-refractivity contribution in [3.8, 4) is 11.1 Å². The summed E-state index contributed by atoms with van der Waals surface area (Å²) in [7, 11) is 0. The van der Waals surface area contributed by atoms with Crippen molar-refractivity contribution in [2.75, 3.05) is 5.32 Å². The van der Waals surface area contributed by atoms with Crippen molar-refractivity contribution in [1.29, 1.82) is 0 Å². The van der Waals surface area contributed by atoms with Crippen molar-refractivity contribution in [2.45, 2.75) is 13.1 Å². The first-order chi connectivity index (χ1) is 12.7. The number of hydrogen-bond donors (Lipinski definition) is 1. The Morgan fingerprint density at radius 3 is 2.63 bits per heavy atom. The molecule has 0 aliphatic carbocycles. The first-order valence-corrected chi connectivity index (χ1v) is 8.06. The molecule has 0 unspecified atom stereocenters. The molecular formula is C18H12ClF3N4O. The molecule has 0 radical (unpaired) electrons. The maximum atomic E-state index is 12.8. The normalized spacial score (nSPS) is 11.3. The van der Waals surface area contributed by atoms with Gasteiger partial charge in [-0.25, -0.2) is 4.98 Å². The highest BCUT2D eigenvalue weighted by molar-refractivity contribution is 6.29. The van der Waals surface area contributed by atoms with Crippen LogP contribution in [0.1, 0.15) is 21.6 Å². The van der Waals surface area contributed by atoms with Gasteiger partial charge in [-0.3, -0.25) is 4.79 Å². The third-order valence-corrected chi connectivity index (χ3v) is 3.95. The predicted molar refractivity (Wildman–Crippen MR) is 94.4 cm³/mol. The van der Waals surface area contributed by atoms with Gasteiger partial charge in [-0.2, -0.15) is 18.3 Å². The van der Waals surface area contributed by atoms with E-state index in [4.69, 9.17) is 11.6 Å². The van der Waals surface area contributed by atoms with E-state index < -0.39 is 23.3 Å². The molecule has 9 heteroatoms. The molecule has 0 aliphatic heterocycles. The quantitative estimate of drug-likeness (QED) is 0.652. The van der Waals surface area contributed by atoms with Crippen LogP contribution in [0.4, 0.5) is 18.9 Å². The number of nitrogens with one attached hydrogen (secondary N) is 1. The van der Waals surface area contributed by atoms with Gasteiger partial charge in [0, 0.05) is 11.9 Å². The van der Waals surface area contributed by atoms with Crippen LogP contribution in [-0.2, 0) is 6.18 Å². The molecule has 0 aliphatic rings.